The average Bonchev–Trinajstić information content (AvgIpc) is 3.13. The molecule has 4 heteroatoms. The topological polar surface area (TPSA) is 21.1 Å². The lowest BCUT2D eigenvalue weighted by Crippen LogP contribution is -2.33. The van der Waals surface area contributed by atoms with Crippen molar-refractivity contribution in [3.8, 4) is 5.69 Å². The summed E-state index contributed by atoms with van der Waals surface area (Å²) in [6.45, 7) is 3.17. The third-order valence-corrected chi connectivity index (χ3v) is 5.19. The van der Waals surface area contributed by atoms with Crippen LogP contribution in [0.3, 0.4) is 0 Å². The Morgan fingerprint density at radius 2 is 1.77 bits per heavy atom. The smallest absolute Gasteiger partial charge is 0.125 e. The maximum Gasteiger partial charge on any atom is 0.125 e. The van der Waals surface area contributed by atoms with Crippen LogP contribution in [0.15, 0.2) is 67.0 Å². The fraction of sp³-hybridized carbons (Fsp3) is 0.318. The number of rotatable bonds is 5. The molecule has 1 aliphatic heterocycles. The second-order valence-electron chi connectivity index (χ2n) is 7.18. The summed E-state index contributed by atoms with van der Waals surface area (Å²) in [5.41, 5.74) is 3.39. The third-order valence-electron chi connectivity index (χ3n) is 5.19. The summed E-state index contributed by atoms with van der Waals surface area (Å²) in [4.78, 5) is 2.49. The summed E-state index contributed by atoms with van der Waals surface area (Å²) < 4.78 is 15.1. The Morgan fingerprint density at radius 3 is 2.54 bits per heavy atom. The van der Waals surface area contributed by atoms with E-state index in [1.54, 1.807) is 10.7 Å². The third kappa shape index (κ3) is 4.20. The van der Waals surface area contributed by atoms with Gasteiger partial charge in [0.15, 0.2) is 0 Å². The van der Waals surface area contributed by atoms with E-state index in [4.69, 9.17) is 0 Å². The zero-order chi connectivity index (χ0) is 17.8. The first kappa shape index (κ1) is 17.0. The first-order valence-electron chi connectivity index (χ1n) is 9.32. The summed E-state index contributed by atoms with van der Waals surface area (Å²) in [5, 5.41) is 4.39. The lowest BCUT2D eigenvalue weighted by molar-refractivity contribution is 0.177. The van der Waals surface area contributed by atoms with Gasteiger partial charge in [0.1, 0.15) is 5.82 Å². The van der Waals surface area contributed by atoms with Crippen LogP contribution < -0.4 is 0 Å². The van der Waals surface area contributed by atoms with E-state index in [0.717, 1.165) is 31.2 Å². The van der Waals surface area contributed by atoms with Crippen LogP contribution in [0, 0.1) is 11.7 Å². The van der Waals surface area contributed by atoms with Crippen LogP contribution in [0.5, 0.6) is 0 Å². The number of nitrogens with zero attached hydrogens (tertiary/aromatic N) is 3. The molecule has 0 radical (unpaired) electrons. The van der Waals surface area contributed by atoms with Gasteiger partial charge in [-0.25, -0.2) is 9.07 Å². The molecule has 0 bridgehead atoms. The van der Waals surface area contributed by atoms with E-state index in [1.807, 2.05) is 18.5 Å². The molecule has 3 aromatic rings. The van der Waals surface area contributed by atoms with Gasteiger partial charge in [-0.2, -0.15) is 5.10 Å². The fourth-order valence-corrected chi connectivity index (χ4v) is 3.76. The quantitative estimate of drug-likeness (QED) is 0.678. The van der Waals surface area contributed by atoms with Crippen LogP contribution in [0.1, 0.15) is 24.0 Å². The molecule has 134 valence electrons. The van der Waals surface area contributed by atoms with E-state index in [1.165, 1.54) is 42.5 Å². The van der Waals surface area contributed by atoms with Crippen LogP contribution in [0.2, 0.25) is 0 Å². The van der Waals surface area contributed by atoms with Gasteiger partial charge in [-0.05, 0) is 62.0 Å². The van der Waals surface area contributed by atoms with E-state index in [-0.39, 0.29) is 5.82 Å². The van der Waals surface area contributed by atoms with Crippen molar-refractivity contribution >= 4 is 0 Å². The van der Waals surface area contributed by atoms with E-state index >= 15 is 0 Å². The van der Waals surface area contributed by atoms with Crippen molar-refractivity contribution in [1.82, 2.24) is 14.7 Å². The molecular formula is C22H24FN3. The normalized spacial score (nSPS) is 16.0. The van der Waals surface area contributed by atoms with Gasteiger partial charge in [0.05, 0.1) is 11.9 Å². The van der Waals surface area contributed by atoms with Crippen molar-refractivity contribution in [3.05, 3.63) is 83.9 Å². The molecule has 1 aromatic heterocycles. The zero-order valence-corrected chi connectivity index (χ0v) is 14.9. The Bertz CT molecular complexity index is 835. The number of likely N-dealkylation sites (tertiary alicyclic amines) is 1. The second kappa shape index (κ2) is 7.83. The molecular weight excluding hydrogens is 325 g/mol. The molecule has 0 amide bonds. The number of hydrogen-bond acceptors (Lipinski definition) is 2. The summed E-state index contributed by atoms with van der Waals surface area (Å²) in [6, 6.07) is 17.3. The van der Waals surface area contributed by atoms with Gasteiger partial charge >= 0.3 is 0 Å². The zero-order valence-electron chi connectivity index (χ0n) is 14.9. The van der Waals surface area contributed by atoms with Crippen molar-refractivity contribution in [2.45, 2.75) is 25.8 Å². The highest BCUT2D eigenvalue weighted by atomic mass is 19.1. The van der Waals surface area contributed by atoms with Crippen LogP contribution in [0.4, 0.5) is 4.39 Å². The van der Waals surface area contributed by atoms with Crippen LogP contribution in [-0.4, -0.2) is 27.8 Å². The predicted octanol–water partition coefficient (Wildman–Crippen LogP) is 4.47. The lowest BCUT2D eigenvalue weighted by atomic mass is 9.90. The van der Waals surface area contributed by atoms with Gasteiger partial charge < -0.3 is 0 Å². The molecule has 0 aliphatic carbocycles. The first-order valence-corrected chi connectivity index (χ1v) is 9.32. The van der Waals surface area contributed by atoms with Crippen molar-refractivity contribution < 1.29 is 4.39 Å². The summed E-state index contributed by atoms with van der Waals surface area (Å²) in [5.74, 6) is 0.545. The Morgan fingerprint density at radius 1 is 0.962 bits per heavy atom. The number of piperidine rings is 1. The molecule has 0 spiro atoms. The number of aromatic nitrogens is 2. The fourth-order valence-electron chi connectivity index (χ4n) is 3.76. The van der Waals surface area contributed by atoms with Crippen LogP contribution >= 0.6 is 0 Å². The SMILES string of the molecule is Fc1cccc(-n2cc(CN3CCC(Cc4ccccc4)CC3)cn2)c1. The largest absolute Gasteiger partial charge is 0.299 e. The molecule has 0 unspecified atom stereocenters. The van der Waals surface area contributed by atoms with Crippen molar-refractivity contribution in [2.75, 3.05) is 13.1 Å². The van der Waals surface area contributed by atoms with E-state index in [0.29, 0.717) is 0 Å². The maximum atomic E-state index is 13.4. The van der Waals surface area contributed by atoms with Gasteiger partial charge in [-0.1, -0.05) is 36.4 Å². The highest BCUT2D eigenvalue weighted by Gasteiger charge is 2.20. The minimum atomic E-state index is -0.236. The Labute approximate surface area is 154 Å². The molecule has 3 nitrogen and oxygen atoms in total. The van der Waals surface area contributed by atoms with Gasteiger partial charge in [0, 0.05) is 18.3 Å². The molecule has 4 rings (SSSR count). The molecule has 1 fully saturated rings. The minimum Gasteiger partial charge on any atom is -0.299 e. The number of hydrogen-bond donors (Lipinski definition) is 0. The first-order chi connectivity index (χ1) is 12.8. The summed E-state index contributed by atoms with van der Waals surface area (Å²) in [6.07, 6.45) is 7.57. The predicted molar refractivity (Wildman–Crippen MR) is 102 cm³/mol. The average molecular weight is 349 g/mol. The molecule has 1 aliphatic rings. The lowest BCUT2D eigenvalue weighted by Gasteiger charge is -2.31. The molecule has 2 aromatic carbocycles. The van der Waals surface area contributed by atoms with Crippen molar-refractivity contribution in [1.29, 1.82) is 0 Å². The van der Waals surface area contributed by atoms with Crippen LogP contribution in [-0.2, 0) is 13.0 Å². The molecule has 0 N–H and O–H groups in total. The Hall–Kier alpha value is -2.46. The Kier molecular flexibility index (Phi) is 5.12. The highest BCUT2D eigenvalue weighted by Crippen LogP contribution is 2.23. The van der Waals surface area contributed by atoms with Crippen molar-refractivity contribution in [2.24, 2.45) is 5.92 Å². The molecule has 1 saturated heterocycles. The molecule has 2 heterocycles. The number of benzene rings is 2. The van der Waals surface area contributed by atoms with Gasteiger partial charge in [0.25, 0.3) is 0 Å². The molecule has 26 heavy (non-hydrogen) atoms. The maximum absolute atomic E-state index is 13.4. The second-order valence-corrected chi connectivity index (χ2v) is 7.18. The number of halogens is 1. The standard InChI is InChI=1S/C22H24FN3/c23-21-7-4-8-22(14-21)26-17-20(15-24-26)16-25-11-9-19(10-12-25)13-18-5-2-1-3-6-18/h1-8,14-15,17,19H,9-13,16H2. The van der Waals surface area contributed by atoms with Gasteiger partial charge in [0.2, 0.25) is 0 Å². The van der Waals surface area contributed by atoms with E-state index in [9.17, 15) is 4.39 Å². The summed E-state index contributed by atoms with van der Waals surface area (Å²) >= 11 is 0. The molecule has 0 saturated carbocycles. The Balaban J connectivity index is 1.31. The van der Waals surface area contributed by atoms with Crippen molar-refractivity contribution in [3.63, 3.8) is 0 Å². The van der Waals surface area contributed by atoms with Crippen LogP contribution in [0.25, 0.3) is 5.69 Å². The monoisotopic (exact) mass is 349 g/mol. The van der Waals surface area contributed by atoms with Gasteiger partial charge in [-0.3, -0.25) is 4.90 Å². The molecule has 0 atom stereocenters. The summed E-state index contributed by atoms with van der Waals surface area (Å²) in [7, 11) is 0. The highest BCUT2D eigenvalue weighted by molar-refractivity contribution is 5.31. The van der Waals surface area contributed by atoms with E-state index < -0.39 is 0 Å². The minimum absolute atomic E-state index is 0.236. The van der Waals surface area contributed by atoms with Gasteiger partial charge in [-0.15, -0.1) is 0 Å². The van der Waals surface area contributed by atoms with E-state index in [2.05, 4.69) is 40.3 Å².